The molecular formula is C14H13N3O3. The third kappa shape index (κ3) is 2.74. The fourth-order valence-electron chi connectivity index (χ4n) is 1.71. The zero-order valence-electron chi connectivity index (χ0n) is 10.8. The molecule has 3 N–H and O–H groups in total. The average molecular weight is 271 g/mol. The summed E-state index contributed by atoms with van der Waals surface area (Å²) >= 11 is 0. The molecule has 0 aliphatic rings. The van der Waals surface area contributed by atoms with Crippen molar-refractivity contribution in [3.8, 4) is 0 Å². The lowest BCUT2D eigenvalue weighted by atomic mass is 10.2. The Kier molecular flexibility index (Phi) is 3.65. The van der Waals surface area contributed by atoms with Crippen LogP contribution < -0.4 is 10.6 Å². The number of anilines is 2. The first kappa shape index (κ1) is 13.5. The number of primary amides is 1. The predicted octanol–water partition coefficient (Wildman–Crippen LogP) is 1.65. The van der Waals surface area contributed by atoms with Crippen molar-refractivity contribution in [2.75, 3.05) is 11.9 Å². The second kappa shape index (κ2) is 5.40. The molecule has 2 rings (SSSR count). The van der Waals surface area contributed by atoms with Crippen LogP contribution >= 0.6 is 0 Å². The summed E-state index contributed by atoms with van der Waals surface area (Å²) in [4.78, 5) is 27.8. The van der Waals surface area contributed by atoms with Gasteiger partial charge in [-0.1, -0.05) is 6.07 Å². The van der Waals surface area contributed by atoms with Crippen molar-refractivity contribution in [1.29, 1.82) is 0 Å². The SMILES string of the molecule is CN(c1ccc(C(=O)O)cc1)c1cccc(C(N)=O)n1. The molecule has 20 heavy (non-hydrogen) atoms. The number of amides is 1. The van der Waals surface area contributed by atoms with Gasteiger partial charge >= 0.3 is 5.97 Å². The number of nitrogens with two attached hydrogens (primary N) is 1. The van der Waals surface area contributed by atoms with Crippen LogP contribution in [-0.4, -0.2) is 29.0 Å². The summed E-state index contributed by atoms with van der Waals surface area (Å²) < 4.78 is 0. The fourth-order valence-corrected chi connectivity index (χ4v) is 1.71. The second-order valence-electron chi connectivity index (χ2n) is 4.16. The maximum Gasteiger partial charge on any atom is 0.335 e. The smallest absolute Gasteiger partial charge is 0.335 e. The lowest BCUT2D eigenvalue weighted by Gasteiger charge is -2.18. The first-order chi connectivity index (χ1) is 9.49. The molecule has 0 saturated carbocycles. The molecule has 0 atom stereocenters. The van der Waals surface area contributed by atoms with Crippen molar-refractivity contribution < 1.29 is 14.7 Å². The largest absolute Gasteiger partial charge is 0.478 e. The van der Waals surface area contributed by atoms with E-state index in [2.05, 4.69) is 4.98 Å². The van der Waals surface area contributed by atoms with Crippen LogP contribution in [0.3, 0.4) is 0 Å². The molecule has 6 nitrogen and oxygen atoms in total. The number of carboxylic acids is 1. The van der Waals surface area contributed by atoms with Crippen LogP contribution in [0.25, 0.3) is 0 Å². The Morgan fingerprint density at radius 3 is 2.35 bits per heavy atom. The van der Waals surface area contributed by atoms with Gasteiger partial charge in [0.15, 0.2) is 0 Å². The van der Waals surface area contributed by atoms with Crippen LogP contribution in [0.15, 0.2) is 42.5 Å². The van der Waals surface area contributed by atoms with Gasteiger partial charge in [0.05, 0.1) is 5.56 Å². The number of benzene rings is 1. The minimum absolute atomic E-state index is 0.177. The Hall–Kier alpha value is -2.89. The Bertz CT molecular complexity index is 653. The highest BCUT2D eigenvalue weighted by Crippen LogP contribution is 2.22. The highest BCUT2D eigenvalue weighted by Gasteiger charge is 2.09. The van der Waals surface area contributed by atoms with E-state index < -0.39 is 11.9 Å². The monoisotopic (exact) mass is 271 g/mol. The molecule has 1 heterocycles. The zero-order valence-corrected chi connectivity index (χ0v) is 10.8. The van der Waals surface area contributed by atoms with Gasteiger partial charge < -0.3 is 15.7 Å². The van der Waals surface area contributed by atoms with E-state index in [1.165, 1.54) is 18.2 Å². The summed E-state index contributed by atoms with van der Waals surface area (Å²) in [6, 6.07) is 11.3. The number of carboxylic acid groups (broad SMARTS) is 1. The quantitative estimate of drug-likeness (QED) is 0.881. The van der Waals surface area contributed by atoms with Crippen LogP contribution in [0.5, 0.6) is 0 Å². The molecule has 6 heteroatoms. The lowest BCUT2D eigenvalue weighted by molar-refractivity contribution is 0.0696. The summed E-state index contributed by atoms with van der Waals surface area (Å²) in [5, 5.41) is 8.85. The van der Waals surface area contributed by atoms with Crippen molar-refractivity contribution in [3.63, 3.8) is 0 Å². The normalized spacial score (nSPS) is 10.1. The molecule has 1 amide bonds. The maximum atomic E-state index is 11.1. The van der Waals surface area contributed by atoms with Crippen LogP contribution in [0.4, 0.5) is 11.5 Å². The highest BCUT2D eigenvalue weighted by molar-refractivity contribution is 5.91. The van der Waals surface area contributed by atoms with Crippen molar-refractivity contribution in [3.05, 3.63) is 53.7 Å². The molecule has 0 aliphatic heterocycles. The number of carbonyl (C=O) groups is 2. The first-order valence-corrected chi connectivity index (χ1v) is 5.83. The number of aromatic carboxylic acids is 1. The summed E-state index contributed by atoms with van der Waals surface area (Å²) in [6.07, 6.45) is 0. The Morgan fingerprint density at radius 2 is 1.80 bits per heavy atom. The summed E-state index contributed by atoms with van der Waals surface area (Å²) in [6.45, 7) is 0. The third-order valence-corrected chi connectivity index (χ3v) is 2.83. The van der Waals surface area contributed by atoms with Crippen LogP contribution in [-0.2, 0) is 0 Å². The van der Waals surface area contributed by atoms with E-state index >= 15 is 0 Å². The molecule has 2 aromatic rings. The van der Waals surface area contributed by atoms with Gasteiger partial charge in [-0.05, 0) is 36.4 Å². The van der Waals surface area contributed by atoms with E-state index in [4.69, 9.17) is 10.8 Å². The molecule has 0 fully saturated rings. The molecule has 102 valence electrons. The number of nitrogens with zero attached hydrogens (tertiary/aromatic N) is 2. The summed E-state index contributed by atoms with van der Waals surface area (Å²) in [5.74, 6) is -1.03. The first-order valence-electron chi connectivity index (χ1n) is 5.83. The average Bonchev–Trinajstić information content (AvgIpc) is 2.46. The van der Waals surface area contributed by atoms with Gasteiger partial charge in [0.25, 0.3) is 5.91 Å². The molecule has 0 aliphatic carbocycles. The summed E-state index contributed by atoms with van der Waals surface area (Å²) in [7, 11) is 1.77. The number of hydrogen-bond acceptors (Lipinski definition) is 4. The van der Waals surface area contributed by atoms with E-state index in [0.717, 1.165) is 5.69 Å². The standard InChI is InChI=1S/C14H13N3O3/c1-17(10-7-5-9(6-8-10)14(19)20)12-4-2-3-11(16-12)13(15)18/h2-8H,1H3,(H2,15,18)(H,19,20). The van der Waals surface area contributed by atoms with Gasteiger partial charge in [-0.15, -0.1) is 0 Å². The van der Waals surface area contributed by atoms with Gasteiger partial charge in [0.2, 0.25) is 0 Å². The number of rotatable bonds is 4. The molecule has 0 spiro atoms. The van der Waals surface area contributed by atoms with E-state index in [1.54, 1.807) is 36.2 Å². The fraction of sp³-hybridized carbons (Fsp3) is 0.0714. The van der Waals surface area contributed by atoms with Gasteiger partial charge in [0, 0.05) is 12.7 Å². The second-order valence-corrected chi connectivity index (χ2v) is 4.16. The highest BCUT2D eigenvalue weighted by atomic mass is 16.4. The molecule has 1 aromatic heterocycles. The van der Waals surface area contributed by atoms with Crippen LogP contribution in [0, 0.1) is 0 Å². The predicted molar refractivity (Wildman–Crippen MR) is 74.2 cm³/mol. The maximum absolute atomic E-state index is 11.1. The van der Waals surface area contributed by atoms with Crippen molar-refractivity contribution in [1.82, 2.24) is 4.98 Å². The lowest BCUT2D eigenvalue weighted by Crippen LogP contribution is -2.17. The Balaban J connectivity index is 2.30. The molecule has 1 aromatic carbocycles. The van der Waals surface area contributed by atoms with Crippen molar-refractivity contribution in [2.45, 2.75) is 0 Å². The minimum atomic E-state index is -0.979. The molecule has 0 unspecified atom stereocenters. The third-order valence-electron chi connectivity index (χ3n) is 2.83. The van der Waals surface area contributed by atoms with Crippen molar-refractivity contribution in [2.24, 2.45) is 5.73 Å². The Morgan fingerprint density at radius 1 is 1.15 bits per heavy atom. The van der Waals surface area contributed by atoms with Crippen molar-refractivity contribution >= 4 is 23.4 Å². The number of aromatic nitrogens is 1. The molecule has 0 saturated heterocycles. The molecular weight excluding hydrogens is 258 g/mol. The van der Waals surface area contributed by atoms with Gasteiger partial charge in [-0.2, -0.15) is 0 Å². The van der Waals surface area contributed by atoms with E-state index in [1.807, 2.05) is 0 Å². The number of carbonyl (C=O) groups excluding carboxylic acids is 1. The summed E-state index contributed by atoms with van der Waals surface area (Å²) in [5.41, 5.74) is 6.33. The number of hydrogen-bond donors (Lipinski definition) is 2. The molecule has 0 radical (unpaired) electrons. The van der Waals surface area contributed by atoms with Gasteiger partial charge in [-0.3, -0.25) is 4.79 Å². The zero-order chi connectivity index (χ0) is 14.7. The molecule has 0 bridgehead atoms. The number of pyridine rings is 1. The van der Waals surface area contributed by atoms with Gasteiger partial charge in [0.1, 0.15) is 11.5 Å². The topological polar surface area (TPSA) is 96.5 Å². The van der Waals surface area contributed by atoms with E-state index in [0.29, 0.717) is 5.82 Å². The van der Waals surface area contributed by atoms with E-state index in [-0.39, 0.29) is 11.3 Å². The van der Waals surface area contributed by atoms with Crippen LogP contribution in [0.1, 0.15) is 20.8 Å². The van der Waals surface area contributed by atoms with Gasteiger partial charge in [-0.25, -0.2) is 9.78 Å². The van der Waals surface area contributed by atoms with Crippen LogP contribution in [0.2, 0.25) is 0 Å². The van der Waals surface area contributed by atoms with E-state index in [9.17, 15) is 9.59 Å². The Labute approximate surface area is 115 Å². The minimum Gasteiger partial charge on any atom is -0.478 e.